The second-order valence-electron chi connectivity index (χ2n) is 7.08. The Morgan fingerprint density at radius 3 is 2.70 bits per heavy atom. The van der Waals surface area contributed by atoms with Gasteiger partial charge in [0, 0.05) is 43.0 Å². The molecule has 0 bridgehead atoms. The fourth-order valence-electron chi connectivity index (χ4n) is 3.18. The average molecular weight is 410 g/mol. The summed E-state index contributed by atoms with van der Waals surface area (Å²) in [6, 6.07) is 14.0. The predicted octanol–water partition coefficient (Wildman–Crippen LogP) is 4.89. The van der Waals surface area contributed by atoms with E-state index in [1.807, 2.05) is 12.1 Å². The van der Waals surface area contributed by atoms with Crippen molar-refractivity contribution in [3.63, 3.8) is 0 Å². The number of nitrogens with zero attached hydrogens (tertiary/aromatic N) is 1. The van der Waals surface area contributed by atoms with Crippen LogP contribution < -0.4 is 10.1 Å². The topological polar surface area (TPSA) is 60.5 Å². The Balaban J connectivity index is 1.52. The summed E-state index contributed by atoms with van der Waals surface area (Å²) >= 11 is 0. The maximum Gasteiger partial charge on any atom is 0.251 e. The minimum atomic E-state index is -0.431. The normalized spacial score (nSPS) is 10.9. The molecule has 0 fully saturated rings. The summed E-state index contributed by atoms with van der Waals surface area (Å²) in [5.41, 5.74) is 1.73. The summed E-state index contributed by atoms with van der Waals surface area (Å²) in [6.07, 6.45) is 5.68. The lowest BCUT2D eigenvalue weighted by atomic mass is 10.1. The molecule has 0 radical (unpaired) electrons. The fraction of sp³-hybridized carbons (Fsp3) is 0.333. The molecule has 0 unspecified atom stereocenters. The summed E-state index contributed by atoms with van der Waals surface area (Å²) in [5, 5.41) is 3.66. The number of rotatable bonds is 11. The molecule has 1 amide bonds. The van der Waals surface area contributed by atoms with Crippen molar-refractivity contribution in [2.24, 2.45) is 0 Å². The Morgan fingerprint density at radius 1 is 1.03 bits per heavy atom. The molecule has 3 aromatic rings. The monoisotopic (exact) mass is 410 g/mol. The van der Waals surface area contributed by atoms with Crippen molar-refractivity contribution in [1.82, 2.24) is 10.3 Å². The van der Waals surface area contributed by atoms with Crippen molar-refractivity contribution in [3.8, 4) is 5.75 Å². The summed E-state index contributed by atoms with van der Waals surface area (Å²) in [7, 11) is 1.70. The van der Waals surface area contributed by atoms with Crippen LogP contribution in [0.15, 0.2) is 54.7 Å². The van der Waals surface area contributed by atoms with E-state index in [1.54, 1.807) is 49.7 Å². The second kappa shape index (κ2) is 11.3. The third kappa shape index (κ3) is 6.00. The van der Waals surface area contributed by atoms with E-state index in [-0.39, 0.29) is 18.2 Å². The van der Waals surface area contributed by atoms with Crippen LogP contribution in [-0.4, -0.2) is 31.2 Å². The Morgan fingerprint density at radius 2 is 1.87 bits per heavy atom. The Kier molecular flexibility index (Phi) is 8.15. The largest absolute Gasteiger partial charge is 0.491 e. The first kappa shape index (κ1) is 21.7. The van der Waals surface area contributed by atoms with Crippen LogP contribution in [0.3, 0.4) is 0 Å². The van der Waals surface area contributed by atoms with Gasteiger partial charge in [-0.15, -0.1) is 0 Å². The molecule has 0 aliphatic heterocycles. The second-order valence-corrected chi connectivity index (χ2v) is 7.08. The van der Waals surface area contributed by atoms with Crippen LogP contribution in [0, 0.1) is 5.82 Å². The first-order valence-corrected chi connectivity index (χ1v) is 10.2. The quantitative estimate of drug-likeness (QED) is 0.457. The van der Waals surface area contributed by atoms with E-state index in [9.17, 15) is 9.18 Å². The van der Waals surface area contributed by atoms with E-state index in [0.29, 0.717) is 17.7 Å². The van der Waals surface area contributed by atoms with E-state index in [4.69, 9.17) is 9.47 Å². The molecular formula is C24H27FN2O3. The number of benzene rings is 2. The first-order chi connectivity index (χ1) is 14.7. The number of unbranched alkanes of at least 4 members (excludes halogenated alkanes) is 3. The smallest absolute Gasteiger partial charge is 0.251 e. The number of hydrogen-bond acceptors (Lipinski definition) is 4. The van der Waals surface area contributed by atoms with Crippen molar-refractivity contribution in [2.75, 3.05) is 20.3 Å². The number of methoxy groups -OCH3 is 1. The molecule has 0 aliphatic rings. The van der Waals surface area contributed by atoms with Crippen molar-refractivity contribution in [1.29, 1.82) is 0 Å². The highest BCUT2D eigenvalue weighted by Crippen LogP contribution is 2.21. The maximum atomic E-state index is 14.7. The van der Waals surface area contributed by atoms with Gasteiger partial charge in [0.25, 0.3) is 5.91 Å². The molecule has 0 atom stereocenters. The van der Waals surface area contributed by atoms with Crippen LogP contribution in [-0.2, 0) is 11.3 Å². The number of pyridine rings is 1. The van der Waals surface area contributed by atoms with Crippen LogP contribution in [0.25, 0.3) is 10.9 Å². The van der Waals surface area contributed by atoms with Crippen molar-refractivity contribution in [3.05, 3.63) is 71.7 Å². The molecule has 1 heterocycles. The number of nitrogens with one attached hydrogen (secondary N) is 1. The SMILES string of the molecule is COCCCCCCOc1cccc(CNC(=O)c2ccc3ncccc3c2)c1F. The number of fused-ring (bicyclic) bond motifs is 1. The van der Waals surface area contributed by atoms with Crippen molar-refractivity contribution in [2.45, 2.75) is 32.2 Å². The van der Waals surface area contributed by atoms with Crippen LogP contribution in [0.4, 0.5) is 4.39 Å². The third-order valence-corrected chi connectivity index (χ3v) is 4.85. The molecule has 158 valence electrons. The van der Waals surface area contributed by atoms with Gasteiger partial charge in [0.1, 0.15) is 0 Å². The molecule has 3 rings (SSSR count). The molecule has 6 heteroatoms. The minimum absolute atomic E-state index is 0.0873. The van der Waals surface area contributed by atoms with Crippen LogP contribution in [0.1, 0.15) is 41.6 Å². The van der Waals surface area contributed by atoms with E-state index < -0.39 is 5.82 Å². The minimum Gasteiger partial charge on any atom is -0.491 e. The highest BCUT2D eigenvalue weighted by atomic mass is 19.1. The summed E-state index contributed by atoms with van der Waals surface area (Å²) in [5.74, 6) is -0.474. The molecule has 0 spiro atoms. The van der Waals surface area contributed by atoms with Crippen molar-refractivity contribution >= 4 is 16.8 Å². The van der Waals surface area contributed by atoms with Crippen LogP contribution in [0.2, 0.25) is 0 Å². The lowest BCUT2D eigenvalue weighted by molar-refractivity contribution is 0.0950. The average Bonchev–Trinajstić information content (AvgIpc) is 2.78. The Labute approximate surface area is 176 Å². The highest BCUT2D eigenvalue weighted by molar-refractivity contribution is 5.97. The number of halogens is 1. The van der Waals surface area contributed by atoms with E-state index >= 15 is 0 Å². The highest BCUT2D eigenvalue weighted by Gasteiger charge is 2.12. The third-order valence-electron chi connectivity index (χ3n) is 4.85. The summed E-state index contributed by atoms with van der Waals surface area (Å²) in [6.45, 7) is 1.31. The van der Waals surface area contributed by atoms with E-state index in [2.05, 4.69) is 10.3 Å². The Bertz CT molecular complexity index is 978. The lowest BCUT2D eigenvalue weighted by Crippen LogP contribution is -2.23. The number of carbonyl (C=O) groups excluding carboxylic acids is 1. The van der Waals surface area contributed by atoms with Gasteiger partial charge in [-0.05, 0) is 49.6 Å². The number of ether oxygens (including phenoxy) is 2. The Hall–Kier alpha value is -2.99. The molecule has 30 heavy (non-hydrogen) atoms. The fourth-order valence-corrected chi connectivity index (χ4v) is 3.18. The van der Waals surface area contributed by atoms with Gasteiger partial charge in [-0.25, -0.2) is 4.39 Å². The molecule has 0 saturated heterocycles. The zero-order valence-corrected chi connectivity index (χ0v) is 17.2. The molecule has 2 aromatic carbocycles. The predicted molar refractivity (Wildman–Crippen MR) is 115 cm³/mol. The number of hydrogen-bond donors (Lipinski definition) is 1. The molecule has 0 aliphatic carbocycles. The molecule has 1 N–H and O–H groups in total. The van der Waals surface area contributed by atoms with E-state index in [1.165, 1.54) is 0 Å². The van der Waals surface area contributed by atoms with Gasteiger partial charge >= 0.3 is 0 Å². The van der Waals surface area contributed by atoms with Gasteiger partial charge in [-0.1, -0.05) is 24.6 Å². The van der Waals surface area contributed by atoms with Gasteiger partial charge in [0.05, 0.1) is 12.1 Å². The summed E-state index contributed by atoms with van der Waals surface area (Å²) in [4.78, 5) is 16.7. The van der Waals surface area contributed by atoms with Gasteiger partial charge in [-0.2, -0.15) is 0 Å². The van der Waals surface area contributed by atoms with Gasteiger partial charge < -0.3 is 14.8 Å². The van der Waals surface area contributed by atoms with Crippen LogP contribution >= 0.6 is 0 Å². The molecular weight excluding hydrogens is 383 g/mol. The van der Waals surface area contributed by atoms with Gasteiger partial charge in [0.2, 0.25) is 0 Å². The maximum absolute atomic E-state index is 14.7. The standard InChI is InChI=1S/C24H27FN2O3/c1-29-14-4-2-3-5-15-30-22-10-6-8-20(23(22)25)17-27-24(28)19-11-12-21-18(16-19)9-7-13-26-21/h6-13,16H,2-5,14-15,17H2,1H3,(H,27,28). The zero-order chi connectivity index (χ0) is 21.2. The van der Waals surface area contributed by atoms with Gasteiger partial charge in [0.15, 0.2) is 11.6 Å². The first-order valence-electron chi connectivity index (χ1n) is 10.2. The molecule has 1 aromatic heterocycles. The van der Waals surface area contributed by atoms with Crippen molar-refractivity contribution < 1.29 is 18.7 Å². The van der Waals surface area contributed by atoms with Gasteiger partial charge in [-0.3, -0.25) is 9.78 Å². The zero-order valence-electron chi connectivity index (χ0n) is 17.2. The number of amides is 1. The summed E-state index contributed by atoms with van der Waals surface area (Å²) < 4.78 is 25.3. The molecule has 0 saturated carbocycles. The van der Waals surface area contributed by atoms with Crippen LogP contribution in [0.5, 0.6) is 5.75 Å². The van der Waals surface area contributed by atoms with E-state index in [0.717, 1.165) is 43.2 Å². The molecule has 5 nitrogen and oxygen atoms in total. The number of aromatic nitrogens is 1. The lowest BCUT2D eigenvalue weighted by Gasteiger charge is -2.11. The number of carbonyl (C=O) groups is 1.